The Labute approximate surface area is 154 Å². The third-order valence-corrected chi connectivity index (χ3v) is 4.43. The van der Waals surface area contributed by atoms with Crippen LogP contribution in [-0.2, 0) is 11.3 Å². The van der Waals surface area contributed by atoms with Crippen LogP contribution in [0.1, 0.15) is 24.2 Å². The van der Waals surface area contributed by atoms with Crippen LogP contribution >= 0.6 is 23.2 Å². The van der Waals surface area contributed by atoms with Crippen LogP contribution in [0.2, 0.25) is 10.0 Å². The summed E-state index contributed by atoms with van der Waals surface area (Å²) in [5.41, 5.74) is 1.59. The summed E-state index contributed by atoms with van der Waals surface area (Å²) in [5, 5.41) is 12.3. The number of hydrogen-bond donors (Lipinski definition) is 1. The minimum absolute atomic E-state index is 0.221. The zero-order valence-corrected chi connectivity index (χ0v) is 15.2. The number of aryl methyl sites for hydroxylation is 1. The van der Waals surface area contributed by atoms with E-state index in [1.165, 1.54) is 4.68 Å². The van der Waals surface area contributed by atoms with E-state index in [4.69, 9.17) is 23.2 Å². The van der Waals surface area contributed by atoms with Crippen LogP contribution in [0.25, 0.3) is 0 Å². The fourth-order valence-electron chi connectivity index (χ4n) is 2.22. The molecule has 2 heterocycles. The third-order valence-electron chi connectivity index (χ3n) is 3.69. The number of benzene rings is 1. The second-order valence-corrected chi connectivity index (χ2v) is 6.38. The van der Waals surface area contributed by atoms with Crippen molar-refractivity contribution in [3.8, 4) is 0 Å². The Bertz CT molecular complexity index is 884. The molecule has 7 nitrogen and oxygen atoms in total. The largest absolute Gasteiger partial charge is 0.291 e. The molecule has 0 aliphatic heterocycles. The fraction of sp³-hybridized carbons (Fsp3) is 0.250. The zero-order chi connectivity index (χ0) is 18.0. The fourth-order valence-corrected chi connectivity index (χ4v) is 2.56. The molecule has 25 heavy (non-hydrogen) atoms. The van der Waals surface area contributed by atoms with E-state index in [1.54, 1.807) is 31.1 Å². The summed E-state index contributed by atoms with van der Waals surface area (Å²) in [4.78, 5) is 16.4. The molecule has 1 unspecified atom stereocenters. The van der Waals surface area contributed by atoms with Crippen molar-refractivity contribution in [3.05, 3.63) is 58.1 Å². The highest BCUT2D eigenvalue weighted by molar-refractivity contribution is 6.31. The summed E-state index contributed by atoms with van der Waals surface area (Å²) in [5.74, 6) is -0.0615. The van der Waals surface area contributed by atoms with Gasteiger partial charge in [-0.1, -0.05) is 41.4 Å². The molecule has 3 rings (SSSR count). The Hall–Kier alpha value is -2.38. The molecular weight excluding hydrogens is 363 g/mol. The third kappa shape index (κ3) is 4.00. The van der Waals surface area contributed by atoms with E-state index in [9.17, 15) is 4.79 Å². The molecule has 0 aliphatic rings. The van der Waals surface area contributed by atoms with Crippen LogP contribution < -0.4 is 5.32 Å². The van der Waals surface area contributed by atoms with Gasteiger partial charge in [-0.05, 0) is 25.5 Å². The number of aromatic nitrogens is 5. The smallest absolute Gasteiger partial charge is 0.251 e. The summed E-state index contributed by atoms with van der Waals surface area (Å²) >= 11 is 12.1. The van der Waals surface area contributed by atoms with Gasteiger partial charge < -0.3 is 0 Å². The van der Waals surface area contributed by atoms with Gasteiger partial charge in [-0.3, -0.25) is 14.8 Å². The standard InChI is InChI=1S/C16H16Cl2N6O/c1-10-14(18)8-24(21-10)11(2)15(25)20-16-19-9-23(22-16)7-12-5-3-4-6-13(12)17/h3-6,8-9,11H,7H2,1-2H3,(H,20,22,25). The number of halogens is 2. The first-order chi connectivity index (χ1) is 11.9. The molecule has 130 valence electrons. The van der Waals surface area contributed by atoms with Gasteiger partial charge in [0.2, 0.25) is 5.95 Å². The van der Waals surface area contributed by atoms with Crippen molar-refractivity contribution in [1.29, 1.82) is 0 Å². The molecule has 0 saturated heterocycles. The van der Waals surface area contributed by atoms with Crippen LogP contribution in [-0.4, -0.2) is 30.5 Å². The molecule has 0 fully saturated rings. The SMILES string of the molecule is Cc1nn(C(C)C(=O)Nc2ncn(Cc3ccccc3Cl)n2)cc1Cl. The quantitative estimate of drug-likeness (QED) is 0.738. The molecule has 3 aromatic rings. The normalized spacial score (nSPS) is 12.2. The van der Waals surface area contributed by atoms with Crippen molar-refractivity contribution in [2.75, 3.05) is 5.32 Å². The van der Waals surface area contributed by atoms with E-state index in [-0.39, 0.29) is 11.9 Å². The lowest BCUT2D eigenvalue weighted by molar-refractivity contribution is -0.119. The predicted octanol–water partition coefficient (Wildman–Crippen LogP) is 3.34. The van der Waals surface area contributed by atoms with Gasteiger partial charge in [0, 0.05) is 11.2 Å². The zero-order valence-electron chi connectivity index (χ0n) is 13.6. The van der Waals surface area contributed by atoms with Gasteiger partial charge in [-0.25, -0.2) is 9.67 Å². The van der Waals surface area contributed by atoms with Crippen molar-refractivity contribution in [2.24, 2.45) is 0 Å². The summed E-state index contributed by atoms with van der Waals surface area (Å²) in [7, 11) is 0. The van der Waals surface area contributed by atoms with Crippen LogP contribution in [0.4, 0.5) is 5.95 Å². The Balaban J connectivity index is 1.66. The average molecular weight is 379 g/mol. The average Bonchev–Trinajstić information content (AvgIpc) is 3.15. The van der Waals surface area contributed by atoms with Gasteiger partial charge in [0.25, 0.3) is 5.91 Å². The molecule has 0 bridgehead atoms. The van der Waals surface area contributed by atoms with Crippen LogP contribution in [0.5, 0.6) is 0 Å². The van der Waals surface area contributed by atoms with Gasteiger partial charge in [0.15, 0.2) is 0 Å². The topological polar surface area (TPSA) is 77.6 Å². The van der Waals surface area contributed by atoms with E-state index in [0.717, 1.165) is 5.56 Å². The number of rotatable bonds is 5. The summed E-state index contributed by atoms with van der Waals surface area (Å²) in [6.45, 7) is 3.96. The predicted molar refractivity (Wildman–Crippen MR) is 95.9 cm³/mol. The molecule has 2 aromatic heterocycles. The minimum Gasteiger partial charge on any atom is -0.291 e. The first-order valence-corrected chi connectivity index (χ1v) is 8.34. The highest BCUT2D eigenvalue weighted by Crippen LogP contribution is 2.18. The Morgan fingerprint density at radius 2 is 2.00 bits per heavy atom. The minimum atomic E-state index is -0.540. The van der Waals surface area contributed by atoms with Gasteiger partial charge in [-0.2, -0.15) is 5.10 Å². The first-order valence-electron chi connectivity index (χ1n) is 7.59. The maximum atomic E-state index is 12.3. The molecule has 0 radical (unpaired) electrons. The summed E-state index contributed by atoms with van der Waals surface area (Å²) < 4.78 is 3.12. The number of nitrogens with zero attached hydrogens (tertiary/aromatic N) is 5. The molecule has 1 aromatic carbocycles. The van der Waals surface area contributed by atoms with Gasteiger partial charge >= 0.3 is 0 Å². The van der Waals surface area contributed by atoms with Crippen LogP contribution in [0.3, 0.4) is 0 Å². The van der Waals surface area contributed by atoms with E-state index in [2.05, 4.69) is 20.5 Å². The van der Waals surface area contributed by atoms with E-state index in [0.29, 0.717) is 22.3 Å². The van der Waals surface area contributed by atoms with Crippen molar-refractivity contribution >= 4 is 35.1 Å². The number of nitrogens with one attached hydrogen (secondary N) is 1. The van der Waals surface area contributed by atoms with Gasteiger partial charge in [0.1, 0.15) is 12.4 Å². The van der Waals surface area contributed by atoms with Gasteiger partial charge in [-0.15, -0.1) is 5.10 Å². The Morgan fingerprint density at radius 1 is 1.24 bits per heavy atom. The lowest BCUT2D eigenvalue weighted by atomic mass is 10.2. The molecular formula is C16H16Cl2N6O. The maximum Gasteiger partial charge on any atom is 0.251 e. The van der Waals surface area contributed by atoms with Gasteiger partial charge in [0.05, 0.1) is 17.3 Å². The highest BCUT2D eigenvalue weighted by Gasteiger charge is 2.18. The molecule has 1 N–H and O–H groups in total. The number of amides is 1. The monoisotopic (exact) mass is 378 g/mol. The highest BCUT2D eigenvalue weighted by atomic mass is 35.5. The van der Waals surface area contributed by atoms with Crippen LogP contribution in [0.15, 0.2) is 36.8 Å². The molecule has 0 saturated carbocycles. The number of anilines is 1. The van der Waals surface area contributed by atoms with E-state index >= 15 is 0 Å². The first kappa shape index (κ1) is 17.4. The molecule has 0 spiro atoms. The second kappa shape index (κ2) is 7.25. The number of carbonyl (C=O) groups excluding carboxylic acids is 1. The Kier molecular flexibility index (Phi) is 5.06. The molecule has 0 aliphatic carbocycles. The maximum absolute atomic E-state index is 12.3. The lowest BCUT2D eigenvalue weighted by Crippen LogP contribution is -2.24. The summed E-state index contributed by atoms with van der Waals surface area (Å²) in [6, 6.07) is 6.95. The van der Waals surface area contributed by atoms with Crippen molar-refractivity contribution < 1.29 is 4.79 Å². The number of hydrogen-bond acceptors (Lipinski definition) is 4. The lowest BCUT2D eigenvalue weighted by Gasteiger charge is -2.10. The Morgan fingerprint density at radius 3 is 2.68 bits per heavy atom. The number of carbonyl (C=O) groups is 1. The van der Waals surface area contributed by atoms with E-state index in [1.807, 2.05) is 24.3 Å². The van der Waals surface area contributed by atoms with Crippen LogP contribution in [0, 0.1) is 6.92 Å². The molecule has 1 atom stereocenters. The summed E-state index contributed by atoms with van der Waals surface area (Å²) in [6.07, 6.45) is 3.16. The van der Waals surface area contributed by atoms with Crippen molar-refractivity contribution in [1.82, 2.24) is 24.5 Å². The van der Waals surface area contributed by atoms with Crippen molar-refractivity contribution in [3.63, 3.8) is 0 Å². The van der Waals surface area contributed by atoms with Crippen molar-refractivity contribution in [2.45, 2.75) is 26.4 Å². The van der Waals surface area contributed by atoms with E-state index < -0.39 is 6.04 Å². The second-order valence-electron chi connectivity index (χ2n) is 5.56. The molecule has 9 heteroatoms. The molecule has 1 amide bonds.